The van der Waals surface area contributed by atoms with E-state index >= 15 is 0 Å². The molecular weight excluding hydrogens is 428 g/mol. The lowest BCUT2D eigenvalue weighted by Crippen LogP contribution is -2.40. The molecule has 1 saturated heterocycles. The maximum atomic E-state index is 13.1. The van der Waals surface area contributed by atoms with E-state index in [1.807, 2.05) is 75.4 Å². The number of carbonyl (C=O) groups is 2. The van der Waals surface area contributed by atoms with E-state index < -0.39 is 0 Å². The number of hydrogen-bond acceptors (Lipinski definition) is 5. The normalized spacial score (nSPS) is 14.6. The second kappa shape index (κ2) is 10.5. The molecule has 1 aliphatic rings. The predicted octanol–water partition coefficient (Wildman–Crippen LogP) is 5.06. The first-order valence-electron chi connectivity index (χ1n) is 11.7. The number of anilines is 1. The van der Waals surface area contributed by atoms with Crippen molar-refractivity contribution in [2.75, 3.05) is 18.4 Å². The van der Waals surface area contributed by atoms with Gasteiger partial charge < -0.3 is 14.7 Å². The number of para-hydroxylation sites is 1. The van der Waals surface area contributed by atoms with Gasteiger partial charge in [-0.3, -0.25) is 9.59 Å². The Hall–Kier alpha value is -3.74. The maximum Gasteiger partial charge on any atom is 0.260 e. The lowest BCUT2D eigenvalue weighted by atomic mass is 9.95. The fourth-order valence-electron chi connectivity index (χ4n) is 4.02. The largest absolute Gasteiger partial charge is 0.339 e. The van der Waals surface area contributed by atoms with Crippen molar-refractivity contribution in [3.05, 3.63) is 71.6 Å². The molecule has 0 bridgehead atoms. The van der Waals surface area contributed by atoms with Crippen LogP contribution < -0.4 is 5.32 Å². The highest BCUT2D eigenvalue weighted by Crippen LogP contribution is 2.31. The van der Waals surface area contributed by atoms with Gasteiger partial charge in [0.25, 0.3) is 5.89 Å². The van der Waals surface area contributed by atoms with Crippen LogP contribution in [0.2, 0.25) is 0 Å². The van der Waals surface area contributed by atoms with Crippen LogP contribution in [0.4, 0.5) is 5.69 Å². The van der Waals surface area contributed by atoms with E-state index in [1.165, 1.54) is 0 Å². The number of aryl methyl sites for hydroxylation is 1. The Morgan fingerprint density at radius 2 is 1.82 bits per heavy atom. The molecule has 176 valence electrons. The summed E-state index contributed by atoms with van der Waals surface area (Å²) in [4.78, 5) is 31.9. The van der Waals surface area contributed by atoms with E-state index in [4.69, 9.17) is 4.52 Å². The van der Waals surface area contributed by atoms with Gasteiger partial charge in [-0.05, 0) is 43.0 Å². The lowest BCUT2D eigenvalue weighted by molar-refractivity contribution is -0.130. The van der Waals surface area contributed by atoms with E-state index in [0.29, 0.717) is 48.9 Å². The van der Waals surface area contributed by atoms with E-state index in [2.05, 4.69) is 15.5 Å². The molecule has 1 aliphatic heterocycles. The first-order chi connectivity index (χ1) is 16.4. The Morgan fingerprint density at radius 1 is 1.09 bits per heavy atom. The summed E-state index contributed by atoms with van der Waals surface area (Å²) in [5.74, 6) is 0.937. The van der Waals surface area contributed by atoms with Crippen molar-refractivity contribution < 1.29 is 14.1 Å². The minimum Gasteiger partial charge on any atom is -0.339 e. The van der Waals surface area contributed by atoms with Gasteiger partial charge in [0.15, 0.2) is 5.82 Å². The number of nitrogens with one attached hydrogen (secondary N) is 1. The Balaban J connectivity index is 1.39. The molecule has 0 spiro atoms. The second-order valence-electron chi connectivity index (χ2n) is 8.94. The lowest BCUT2D eigenvalue weighted by Gasteiger charge is -2.30. The number of benzene rings is 2. The average molecular weight is 459 g/mol. The summed E-state index contributed by atoms with van der Waals surface area (Å²) < 4.78 is 5.47. The molecule has 0 unspecified atom stereocenters. The maximum absolute atomic E-state index is 13.1. The van der Waals surface area contributed by atoms with Crippen LogP contribution in [0.15, 0.2) is 59.1 Å². The number of piperidine rings is 1. The molecule has 0 saturated carbocycles. The van der Waals surface area contributed by atoms with Crippen molar-refractivity contribution in [3.8, 4) is 11.5 Å². The fourth-order valence-corrected chi connectivity index (χ4v) is 4.02. The summed E-state index contributed by atoms with van der Waals surface area (Å²) in [5, 5.41) is 7.14. The molecule has 2 heterocycles. The first kappa shape index (κ1) is 23.4. The zero-order chi connectivity index (χ0) is 24.1. The van der Waals surface area contributed by atoms with Gasteiger partial charge in [0.2, 0.25) is 11.8 Å². The van der Waals surface area contributed by atoms with Crippen LogP contribution >= 0.6 is 0 Å². The van der Waals surface area contributed by atoms with Crippen LogP contribution in [-0.2, 0) is 9.59 Å². The highest BCUT2D eigenvalue weighted by molar-refractivity contribution is 5.97. The van der Waals surface area contributed by atoms with Crippen LogP contribution in [-0.4, -0.2) is 39.9 Å². The highest BCUT2D eigenvalue weighted by atomic mass is 16.5. The third kappa shape index (κ3) is 5.42. The predicted molar refractivity (Wildman–Crippen MR) is 132 cm³/mol. The van der Waals surface area contributed by atoms with Crippen molar-refractivity contribution in [2.24, 2.45) is 5.92 Å². The molecule has 7 nitrogen and oxygen atoms in total. The summed E-state index contributed by atoms with van der Waals surface area (Å²) in [6.07, 6.45) is 4.67. The monoisotopic (exact) mass is 458 g/mol. The van der Waals surface area contributed by atoms with Gasteiger partial charge in [0.1, 0.15) is 0 Å². The zero-order valence-electron chi connectivity index (χ0n) is 19.8. The van der Waals surface area contributed by atoms with Gasteiger partial charge in [-0.25, -0.2) is 0 Å². The number of likely N-dealkylation sites (tertiary alicyclic amines) is 1. The quantitative estimate of drug-likeness (QED) is 0.522. The minimum atomic E-state index is -0.163. The minimum absolute atomic E-state index is 0.0266. The number of carbonyl (C=O) groups excluding carboxylic acids is 2. The number of nitrogens with zero attached hydrogens (tertiary/aromatic N) is 3. The molecule has 4 rings (SSSR count). The summed E-state index contributed by atoms with van der Waals surface area (Å²) in [7, 11) is 0. The number of amides is 2. The van der Waals surface area contributed by atoms with Crippen molar-refractivity contribution in [1.82, 2.24) is 15.0 Å². The Labute approximate surface area is 199 Å². The molecule has 3 aromatic rings. The third-order valence-corrected chi connectivity index (χ3v) is 6.10. The van der Waals surface area contributed by atoms with E-state index in [9.17, 15) is 9.59 Å². The summed E-state index contributed by atoms with van der Waals surface area (Å²) in [6.45, 7) is 7.06. The van der Waals surface area contributed by atoms with Gasteiger partial charge in [0.05, 0.1) is 11.3 Å². The van der Waals surface area contributed by atoms with Crippen molar-refractivity contribution in [3.63, 3.8) is 0 Å². The number of rotatable bonds is 6. The van der Waals surface area contributed by atoms with E-state index in [0.717, 1.165) is 11.1 Å². The highest BCUT2D eigenvalue weighted by Gasteiger charge is 2.28. The molecule has 1 N–H and O–H groups in total. The van der Waals surface area contributed by atoms with Crippen molar-refractivity contribution in [1.29, 1.82) is 0 Å². The van der Waals surface area contributed by atoms with Gasteiger partial charge in [0, 0.05) is 31.0 Å². The van der Waals surface area contributed by atoms with Crippen LogP contribution in [0.3, 0.4) is 0 Å². The molecule has 1 aromatic heterocycles. The SMILES string of the molecule is Cc1cccc(-c2nc(C(C)C)no2)c1NC(=O)C1CCN(C(=O)/C=C/c2ccccc2)CC1. The van der Waals surface area contributed by atoms with Gasteiger partial charge in [-0.1, -0.05) is 61.5 Å². The molecule has 1 fully saturated rings. The average Bonchev–Trinajstić information content (AvgIpc) is 3.35. The smallest absolute Gasteiger partial charge is 0.260 e. The van der Waals surface area contributed by atoms with Gasteiger partial charge in [-0.15, -0.1) is 0 Å². The molecule has 0 atom stereocenters. The zero-order valence-corrected chi connectivity index (χ0v) is 19.8. The summed E-state index contributed by atoms with van der Waals surface area (Å²) in [5.41, 5.74) is 3.32. The summed E-state index contributed by atoms with van der Waals surface area (Å²) >= 11 is 0. The molecule has 0 radical (unpaired) electrons. The molecule has 7 heteroatoms. The van der Waals surface area contributed by atoms with E-state index in [-0.39, 0.29) is 23.7 Å². The standard InChI is InChI=1S/C27H30N4O3/c1-18(2)25-29-27(34-30-25)22-11-7-8-19(3)24(22)28-26(33)21-14-16-31(17-15-21)23(32)13-12-20-9-5-4-6-10-20/h4-13,18,21H,14-17H2,1-3H3,(H,28,33)/b13-12+. The van der Waals surface area contributed by atoms with Crippen molar-refractivity contribution in [2.45, 2.75) is 39.5 Å². The van der Waals surface area contributed by atoms with Crippen LogP contribution in [0, 0.1) is 12.8 Å². The van der Waals surface area contributed by atoms with E-state index in [1.54, 1.807) is 11.0 Å². The van der Waals surface area contributed by atoms with Crippen LogP contribution in [0.5, 0.6) is 0 Å². The van der Waals surface area contributed by atoms with Gasteiger partial charge in [-0.2, -0.15) is 4.98 Å². The fraction of sp³-hybridized carbons (Fsp3) is 0.333. The second-order valence-corrected chi connectivity index (χ2v) is 8.94. The molecule has 0 aliphatic carbocycles. The summed E-state index contributed by atoms with van der Waals surface area (Å²) in [6, 6.07) is 15.5. The third-order valence-electron chi connectivity index (χ3n) is 6.10. The Bertz CT molecular complexity index is 1180. The van der Waals surface area contributed by atoms with Crippen LogP contribution in [0.25, 0.3) is 17.5 Å². The molecule has 2 aromatic carbocycles. The van der Waals surface area contributed by atoms with Gasteiger partial charge >= 0.3 is 0 Å². The van der Waals surface area contributed by atoms with Crippen molar-refractivity contribution >= 4 is 23.6 Å². The van der Waals surface area contributed by atoms with Crippen LogP contribution in [0.1, 0.15) is 49.6 Å². The molecule has 2 amide bonds. The Kier molecular flexibility index (Phi) is 7.21. The number of hydrogen-bond donors (Lipinski definition) is 1. The topological polar surface area (TPSA) is 88.3 Å². The Morgan fingerprint density at radius 3 is 2.50 bits per heavy atom. The number of aromatic nitrogens is 2. The molecule has 34 heavy (non-hydrogen) atoms. The molecular formula is C27H30N4O3. The first-order valence-corrected chi connectivity index (χ1v) is 11.7.